The van der Waals surface area contributed by atoms with Gasteiger partial charge in [0.2, 0.25) is 10.9 Å². The Labute approximate surface area is 122 Å². The molecular weight excluding hydrogens is 252 g/mol. The molecule has 4 nitrogen and oxygen atoms in total. The molecule has 20 heavy (non-hydrogen) atoms. The second kappa shape index (κ2) is 8.20. The van der Waals surface area contributed by atoms with Crippen LogP contribution < -0.4 is 15.8 Å². The molecule has 0 aliphatic rings. The Balaban J connectivity index is 2.30. The molecule has 1 aromatic carbocycles. The van der Waals surface area contributed by atoms with E-state index in [9.17, 15) is 9.59 Å². The molecule has 0 heterocycles. The van der Waals surface area contributed by atoms with Crippen molar-refractivity contribution in [2.45, 2.75) is 46.5 Å². The number of hydrogen-bond acceptors (Lipinski definition) is 4. The van der Waals surface area contributed by atoms with Gasteiger partial charge in [0.1, 0.15) is 0 Å². The van der Waals surface area contributed by atoms with Crippen LogP contribution in [0.1, 0.15) is 45.1 Å². The molecule has 0 saturated heterocycles. The molecule has 0 aliphatic heterocycles. The van der Waals surface area contributed by atoms with E-state index >= 15 is 0 Å². The molecule has 0 saturated carbocycles. The lowest BCUT2D eigenvalue weighted by atomic mass is 10.1. The molecule has 114 valence electrons. The molecule has 0 amide bonds. The molecule has 0 aliphatic carbocycles. The topological polar surface area (TPSA) is 40.6 Å². The van der Waals surface area contributed by atoms with Crippen LogP contribution in [0, 0.1) is 6.92 Å². The van der Waals surface area contributed by atoms with Gasteiger partial charge in [0.15, 0.2) is 0 Å². The fourth-order valence-electron chi connectivity index (χ4n) is 2.72. The van der Waals surface area contributed by atoms with E-state index in [-0.39, 0.29) is 10.9 Å². The zero-order valence-corrected chi connectivity index (χ0v) is 13.4. The Morgan fingerprint density at radius 1 is 0.850 bits per heavy atom. The molecule has 0 fully saturated rings. The smallest absolute Gasteiger partial charge is 0.249 e. The second-order valence-corrected chi connectivity index (χ2v) is 5.60. The number of hydrogen-bond donors (Lipinski definition) is 0. The fraction of sp³-hybridized carbons (Fsp3) is 0.750. The van der Waals surface area contributed by atoms with E-state index in [4.69, 9.17) is 0 Å². The van der Waals surface area contributed by atoms with Crippen molar-refractivity contribution in [3.63, 3.8) is 0 Å². The predicted octanol–water partition coefficient (Wildman–Crippen LogP) is 1.93. The quantitative estimate of drug-likeness (QED) is 0.485. The van der Waals surface area contributed by atoms with Gasteiger partial charge in [0.25, 0.3) is 0 Å². The summed E-state index contributed by atoms with van der Waals surface area (Å²) in [5, 5.41) is 0. The van der Waals surface area contributed by atoms with Crippen molar-refractivity contribution in [2.75, 3.05) is 38.1 Å². The van der Waals surface area contributed by atoms with Gasteiger partial charge in [-0.15, -0.1) is 0 Å². The number of nitrogens with zero attached hydrogens (tertiary/aromatic N) is 2. The van der Waals surface area contributed by atoms with Crippen molar-refractivity contribution in [1.29, 1.82) is 0 Å². The summed E-state index contributed by atoms with van der Waals surface area (Å²) >= 11 is 0. The lowest BCUT2D eigenvalue weighted by Crippen LogP contribution is -2.41. The maximum atomic E-state index is 11.5. The standard InChI is InChI=1S/C16H28N2O2/c1-5-9-18(10-6-2)12-8-7-11-17(4)14-13(3)15(19)16(14)20/h5-12H2,1-4H3. The van der Waals surface area contributed by atoms with Gasteiger partial charge in [-0.2, -0.15) is 0 Å². The highest BCUT2D eigenvalue weighted by atomic mass is 16.2. The molecule has 0 radical (unpaired) electrons. The summed E-state index contributed by atoms with van der Waals surface area (Å²) < 4.78 is 0. The third-order valence-electron chi connectivity index (χ3n) is 3.80. The van der Waals surface area contributed by atoms with Crippen LogP contribution in [-0.4, -0.2) is 38.1 Å². The largest absolute Gasteiger partial charge is 0.371 e. The molecule has 1 aromatic rings. The Morgan fingerprint density at radius 2 is 1.40 bits per heavy atom. The van der Waals surface area contributed by atoms with Crippen LogP contribution in [0.4, 0.5) is 5.69 Å². The van der Waals surface area contributed by atoms with Gasteiger partial charge in [0.05, 0.1) is 5.69 Å². The van der Waals surface area contributed by atoms with Crippen LogP contribution in [-0.2, 0) is 0 Å². The van der Waals surface area contributed by atoms with Crippen molar-refractivity contribution in [3.8, 4) is 0 Å². The minimum Gasteiger partial charge on any atom is -0.371 e. The number of anilines is 1. The molecule has 1 rings (SSSR count). The SMILES string of the molecule is CCCN(CCC)CCCCN(C)c1c(C)c(=O)c1=O. The minimum atomic E-state index is -0.316. The lowest BCUT2D eigenvalue weighted by Gasteiger charge is -2.24. The van der Waals surface area contributed by atoms with E-state index in [0.29, 0.717) is 11.3 Å². The third-order valence-corrected chi connectivity index (χ3v) is 3.80. The van der Waals surface area contributed by atoms with Crippen molar-refractivity contribution < 1.29 is 0 Å². The van der Waals surface area contributed by atoms with Crippen LogP contribution in [0.3, 0.4) is 0 Å². The van der Waals surface area contributed by atoms with E-state index in [1.165, 1.54) is 25.9 Å². The summed E-state index contributed by atoms with van der Waals surface area (Å²) in [6.45, 7) is 10.5. The zero-order chi connectivity index (χ0) is 15.1. The van der Waals surface area contributed by atoms with Gasteiger partial charge < -0.3 is 9.80 Å². The van der Waals surface area contributed by atoms with Crippen molar-refractivity contribution >= 4 is 5.69 Å². The Bertz CT molecular complexity index is 469. The maximum Gasteiger partial charge on any atom is 0.249 e. The highest BCUT2D eigenvalue weighted by Crippen LogP contribution is 2.12. The van der Waals surface area contributed by atoms with E-state index < -0.39 is 0 Å². The molecule has 0 unspecified atom stereocenters. The predicted molar refractivity (Wildman–Crippen MR) is 85.6 cm³/mol. The summed E-state index contributed by atoms with van der Waals surface area (Å²) in [6, 6.07) is 0. The normalized spacial score (nSPS) is 11.4. The van der Waals surface area contributed by atoms with Gasteiger partial charge in [-0.05, 0) is 52.2 Å². The first-order valence-corrected chi connectivity index (χ1v) is 7.76. The summed E-state index contributed by atoms with van der Waals surface area (Å²) in [7, 11) is 1.90. The Hall–Kier alpha value is -1.16. The summed E-state index contributed by atoms with van der Waals surface area (Å²) in [5.41, 5.74) is 0.609. The highest BCUT2D eigenvalue weighted by molar-refractivity contribution is 5.57. The van der Waals surface area contributed by atoms with E-state index in [1.54, 1.807) is 6.92 Å². The Kier molecular flexibility index (Phi) is 6.93. The molecule has 4 heteroatoms. The molecule has 0 atom stereocenters. The monoisotopic (exact) mass is 280 g/mol. The van der Waals surface area contributed by atoms with Crippen molar-refractivity contribution in [1.82, 2.24) is 4.90 Å². The first-order chi connectivity index (χ1) is 9.52. The van der Waals surface area contributed by atoms with Gasteiger partial charge in [0, 0.05) is 19.2 Å². The van der Waals surface area contributed by atoms with Crippen LogP contribution in [0.2, 0.25) is 0 Å². The molecule has 0 N–H and O–H groups in total. The van der Waals surface area contributed by atoms with Crippen LogP contribution in [0.15, 0.2) is 9.59 Å². The highest BCUT2D eigenvalue weighted by Gasteiger charge is 2.19. The average Bonchev–Trinajstić information content (AvgIpc) is 2.43. The summed E-state index contributed by atoms with van der Waals surface area (Å²) in [6.07, 6.45) is 4.59. The van der Waals surface area contributed by atoms with Crippen LogP contribution in [0.5, 0.6) is 0 Å². The van der Waals surface area contributed by atoms with Crippen LogP contribution in [0.25, 0.3) is 0 Å². The second-order valence-electron chi connectivity index (χ2n) is 5.60. The number of unbranched alkanes of at least 4 members (excludes halogenated alkanes) is 1. The fourth-order valence-corrected chi connectivity index (χ4v) is 2.72. The zero-order valence-electron chi connectivity index (χ0n) is 13.4. The Morgan fingerprint density at radius 3 is 1.90 bits per heavy atom. The van der Waals surface area contributed by atoms with Crippen molar-refractivity contribution in [3.05, 3.63) is 26.0 Å². The van der Waals surface area contributed by atoms with E-state index in [1.807, 2.05) is 11.9 Å². The summed E-state index contributed by atoms with van der Waals surface area (Å²) in [5.74, 6) is 0. The average molecular weight is 280 g/mol. The molecule has 0 bridgehead atoms. The van der Waals surface area contributed by atoms with E-state index in [0.717, 1.165) is 25.9 Å². The molecule has 0 spiro atoms. The molecule has 0 aromatic heterocycles. The minimum absolute atomic E-state index is 0.316. The first-order valence-electron chi connectivity index (χ1n) is 7.76. The van der Waals surface area contributed by atoms with E-state index in [2.05, 4.69) is 18.7 Å². The first kappa shape index (κ1) is 16.9. The van der Waals surface area contributed by atoms with Crippen molar-refractivity contribution in [2.24, 2.45) is 0 Å². The summed E-state index contributed by atoms with van der Waals surface area (Å²) in [4.78, 5) is 27.1. The van der Waals surface area contributed by atoms with Gasteiger partial charge in [-0.1, -0.05) is 13.8 Å². The van der Waals surface area contributed by atoms with Crippen LogP contribution >= 0.6 is 0 Å². The maximum absolute atomic E-state index is 11.5. The van der Waals surface area contributed by atoms with Gasteiger partial charge >= 0.3 is 0 Å². The number of rotatable bonds is 10. The third kappa shape index (κ3) is 4.17. The lowest BCUT2D eigenvalue weighted by molar-refractivity contribution is 0.269. The molecular formula is C16H28N2O2. The van der Waals surface area contributed by atoms with Gasteiger partial charge in [-0.3, -0.25) is 9.59 Å². The van der Waals surface area contributed by atoms with Gasteiger partial charge in [-0.25, -0.2) is 0 Å².